The molecule has 0 heterocycles. The standard InChI is InChI=1S/C14H24N2O3S/c1-4-15-9-10-19-13-5-7-14(8-6-13)20(17,18)16-11-12(2)3/h5-8,12,15-16H,4,9-11H2,1-3H3. The normalized spacial score (nSPS) is 11.8. The van der Waals surface area contributed by atoms with Gasteiger partial charge in [0.2, 0.25) is 10.0 Å². The fourth-order valence-electron chi connectivity index (χ4n) is 1.49. The van der Waals surface area contributed by atoms with Gasteiger partial charge < -0.3 is 10.1 Å². The molecule has 114 valence electrons. The van der Waals surface area contributed by atoms with Crippen LogP contribution in [0.5, 0.6) is 5.75 Å². The monoisotopic (exact) mass is 300 g/mol. The summed E-state index contributed by atoms with van der Waals surface area (Å²) in [6, 6.07) is 6.47. The topological polar surface area (TPSA) is 67.4 Å². The minimum Gasteiger partial charge on any atom is -0.492 e. The molecule has 0 bridgehead atoms. The van der Waals surface area contributed by atoms with E-state index in [4.69, 9.17) is 4.74 Å². The fraction of sp³-hybridized carbons (Fsp3) is 0.571. The number of hydrogen-bond acceptors (Lipinski definition) is 4. The molecule has 1 aromatic carbocycles. The van der Waals surface area contributed by atoms with Crippen molar-refractivity contribution in [3.05, 3.63) is 24.3 Å². The molecular formula is C14H24N2O3S. The van der Waals surface area contributed by atoms with Crippen LogP contribution in [0.3, 0.4) is 0 Å². The Hall–Kier alpha value is -1.11. The van der Waals surface area contributed by atoms with E-state index in [0.29, 0.717) is 18.9 Å². The summed E-state index contributed by atoms with van der Waals surface area (Å²) in [4.78, 5) is 0.261. The van der Waals surface area contributed by atoms with Gasteiger partial charge in [-0.1, -0.05) is 20.8 Å². The number of ether oxygens (including phenoxy) is 1. The smallest absolute Gasteiger partial charge is 0.240 e. The molecule has 0 aliphatic heterocycles. The van der Waals surface area contributed by atoms with Gasteiger partial charge in [0.25, 0.3) is 0 Å². The molecule has 0 radical (unpaired) electrons. The highest BCUT2D eigenvalue weighted by Gasteiger charge is 2.13. The highest BCUT2D eigenvalue weighted by atomic mass is 32.2. The second-order valence-electron chi connectivity index (χ2n) is 4.92. The summed E-state index contributed by atoms with van der Waals surface area (Å²) < 4.78 is 32.0. The first-order valence-electron chi connectivity index (χ1n) is 6.89. The van der Waals surface area contributed by atoms with E-state index in [1.165, 1.54) is 0 Å². The van der Waals surface area contributed by atoms with Crippen molar-refractivity contribution in [2.24, 2.45) is 5.92 Å². The van der Waals surface area contributed by atoms with Gasteiger partial charge in [0.05, 0.1) is 4.90 Å². The molecule has 1 rings (SSSR count). The summed E-state index contributed by atoms with van der Waals surface area (Å²) in [5, 5.41) is 3.15. The Bertz CT molecular complexity index is 484. The number of rotatable bonds is 9. The molecule has 0 atom stereocenters. The van der Waals surface area contributed by atoms with Crippen molar-refractivity contribution in [3.63, 3.8) is 0 Å². The molecule has 0 aromatic heterocycles. The zero-order valence-corrected chi connectivity index (χ0v) is 13.2. The summed E-state index contributed by atoms with van der Waals surface area (Å²) >= 11 is 0. The largest absolute Gasteiger partial charge is 0.492 e. The first kappa shape index (κ1) is 16.9. The number of sulfonamides is 1. The maximum atomic E-state index is 12.0. The molecule has 0 saturated heterocycles. The second-order valence-corrected chi connectivity index (χ2v) is 6.69. The number of benzene rings is 1. The van der Waals surface area contributed by atoms with E-state index in [9.17, 15) is 8.42 Å². The molecule has 5 nitrogen and oxygen atoms in total. The van der Waals surface area contributed by atoms with Crippen molar-refractivity contribution in [2.75, 3.05) is 26.2 Å². The van der Waals surface area contributed by atoms with E-state index in [1.807, 2.05) is 20.8 Å². The van der Waals surface area contributed by atoms with Gasteiger partial charge >= 0.3 is 0 Å². The van der Waals surface area contributed by atoms with Crippen LogP contribution in [0.2, 0.25) is 0 Å². The van der Waals surface area contributed by atoms with Crippen LogP contribution in [0.1, 0.15) is 20.8 Å². The Balaban J connectivity index is 2.57. The van der Waals surface area contributed by atoms with Crippen molar-refractivity contribution in [1.29, 1.82) is 0 Å². The Morgan fingerprint density at radius 1 is 1.20 bits per heavy atom. The van der Waals surface area contributed by atoms with Crippen molar-refractivity contribution < 1.29 is 13.2 Å². The molecule has 0 aliphatic carbocycles. The predicted octanol–water partition coefficient (Wildman–Crippen LogP) is 1.61. The van der Waals surface area contributed by atoms with E-state index in [0.717, 1.165) is 13.1 Å². The lowest BCUT2D eigenvalue weighted by molar-refractivity contribution is 0.315. The Morgan fingerprint density at radius 3 is 2.40 bits per heavy atom. The summed E-state index contributed by atoms with van der Waals surface area (Å²) in [5.74, 6) is 0.948. The first-order valence-corrected chi connectivity index (χ1v) is 8.37. The Labute approximate surface area is 121 Å². The SMILES string of the molecule is CCNCCOc1ccc(S(=O)(=O)NCC(C)C)cc1. The maximum absolute atomic E-state index is 12.0. The van der Waals surface area contributed by atoms with E-state index in [1.54, 1.807) is 24.3 Å². The Kier molecular flexibility index (Phi) is 6.98. The van der Waals surface area contributed by atoms with Gasteiger partial charge in [-0.2, -0.15) is 0 Å². The van der Waals surface area contributed by atoms with Gasteiger partial charge in [-0.15, -0.1) is 0 Å². The number of likely N-dealkylation sites (N-methyl/N-ethyl adjacent to an activating group) is 1. The molecule has 20 heavy (non-hydrogen) atoms. The van der Waals surface area contributed by atoms with Gasteiger partial charge in [-0.3, -0.25) is 0 Å². The molecule has 0 spiro atoms. The predicted molar refractivity (Wildman–Crippen MR) is 80.5 cm³/mol. The molecule has 0 amide bonds. The zero-order chi connectivity index (χ0) is 15.0. The summed E-state index contributed by atoms with van der Waals surface area (Å²) in [6.07, 6.45) is 0. The van der Waals surface area contributed by atoms with Crippen molar-refractivity contribution in [3.8, 4) is 5.75 Å². The molecule has 1 aromatic rings. The van der Waals surface area contributed by atoms with Gasteiger partial charge in [0.15, 0.2) is 0 Å². The average molecular weight is 300 g/mol. The van der Waals surface area contributed by atoms with E-state index in [2.05, 4.69) is 10.0 Å². The van der Waals surface area contributed by atoms with Gasteiger partial charge in [-0.05, 0) is 36.7 Å². The van der Waals surface area contributed by atoms with Crippen LogP contribution in [0.4, 0.5) is 0 Å². The van der Waals surface area contributed by atoms with Gasteiger partial charge in [0, 0.05) is 13.1 Å². The molecule has 6 heteroatoms. The summed E-state index contributed by atoms with van der Waals surface area (Å²) in [6.45, 7) is 8.63. The van der Waals surface area contributed by atoms with Crippen LogP contribution in [0, 0.1) is 5.92 Å². The minimum absolute atomic E-state index is 0.261. The second kappa shape index (κ2) is 8.24. The van der Waals surface area contributed by atoms with E-state index < -0.39 is 10.0 Å². The summed E-state index contributed by atoms with van der Waals surface area (Å²) in [5.41, 5.74) is 0. The third kappa shape index (κ3) is 5.90. The first-order chi connectivity index (χ1) is 9.45. The molecule has 2 N–H and O–H groups in total. The lowest BCUT2D eigenvalue weighted by atomic mass is 10.2. The maximum Gasteiger partial charge on any atom is 0.240 e. The van der Waals surface area contributed by atoms with Crippen LogP contribution in [-0.4, -0.2) is 34.7 Å². The van der Waals surface area contributed by atoms with Crippen molar-refractivity contribution in [2.45, 2.75) is 25.7 Å². The van der Waals surface area contributed by atoms with Gasteiger partial charge in [0.1, 0.15) is 12.4 Å². The molecule has 0 unspecified atom stereocenters. The highest BCUT2D eigenvalue weighted by molar-refractivity contribution is 7.89. The van der Waals surface area contributed by atoms with Crippen LogP contribution in [0.15, 0.2) is 29.2 Å². The third-order valence-electron chi connectivity index (χ3n) is 2.61. The third-order valence-corrected chi connectivity index (χ3v) is 4.05. The zero-order valence-electron chi connectivity index (χ0n) is 12.3. The molecule has 0 saturated carbocycles. The van der Waals surface area contributed by atoms with Crippen LogP contribution >= 0.6 is 0 Å². The average Bonchev–Trinajstić information content (AvgIpc) is 2.42. The minimum atomic E-state index is -3.42. The fourth-order valence-corrected chi connectivity index (χ4v) is 2.71. The van der Waals surface area contributed by atoms with Gasteiger partial charge in [-0.25, -0.2) is 13.1 Å². The Morgan fingerprint density at radius 2 is 1.85 bits per heavy atom. The van der Waals surface area contributed by atoms with Crippen LogP contribution in [-0.2, 0) is 10.0 Å². The molecule has 0 aliphatic rings. The highest BCUT2D eigenvalue weighted by Crippen LogP contribution is 2.15. The molecule has 0 fully saturated rings. The lowest BCUT2D eigenvalue weighted by Gasteiger charge is -2.10. The summed E-state index contributed by atoms with van der Waals surface area (Å²) in [7, 11) is -3.42. The van der Waals surface area contributed by atoms with Crippen molar-refractivity contribution >= 4 is 10.0 Å². The lowest BCUT2D eigenvalue weighted by Crippen LogP contribution is -2.27. The van der Waals surface area contributed by atoms with Crippen LogP contribution in [0.25, 0.3) is 0 Å². The van der Waals surface area contributed by atoms with Crippen molar-refractivity contribution in [1.82, 2.24) is 10.0 Å². The van der Waals surface area contributed by atoms with E-state index >= 15 is 0 Å². The number of hydrogen-bond donors (Lipinski definition) is 2. The van der Waals surface area contributed by atoms with Crippen LogP contribution < -0.4 is 14.8 Å². The van der Waals surface area contributed by atoms with E-state index in [-0.39, 0.29) is 10.8 Å². The number of nitrogens with one attached hydrogen (secondary N) is 2. The quantitative estimate of drug-likeness (QED) is 0.680. The molecular weight excluding hydrogens is 276 g/mol.